The highest BCUT2D eigenvalue weighted by molar-refractivity contribution is 7.16. The predicted molar refractivity (Wildman–Crippen MR) is 90.1 cm³/mol. The Morgan fingerprint density at radius 2 is 2.00 bits per heavy atom. The molecule has 1 aromatic heterocycles. The first-order valence-electron chi connectivity index (χ1n) is 6.90. The third-order valence-electron chi connectivity index (χ3n) is 3.36. The predicted octanol–water partition coefficient (Wildman–Crippen LogP) is 3.89. The zero-order chi connectivity index (χ0) is 15.2. The average molecular weight is 300 g/mol. The third kappa shape index (κ3) is 3.80. The molecule has 4 heteroatoms. The summed E-state index contributed by atoms with van der Waals surface area (Å²) in [6.45, 7) is 9.35. The van der Waals surface area contributed by atoms with Gasteiger partial charge in [-0.25, -0.2) is 0 Å². The first-order chi connectivity index (χ1) is 10.1. The molecule has 0 atom stereocenters. The monoisotopic (exact) mass is 300 g/mol. The number of carbonyl (C=O) groups is 1. The number of hydrogen-bond acceptors (Lipinski definition) is 3. The molecule has 0 fully saturated rings. The van der Waals surface area contributed by atoms with Gasteiger partial charge in [0, 0.05) is 29.1 Å². The van der Waals surface area contributed by atoms with Crippen LogP contribution in [0.1, 0.15) is 26.4 Å². The first-order valence-corrected chi connectivity index (χ1v) is 7.72. The van der Waals surface area contributed by atoms with Crippen LogP contribution in [-0.4, -0.2) is 12.5 Å². The normalized spacial score (nSPS) is 10.4. The van der Waals surface area contributed by atoms with Crippen molar-refractivity contribution in [2.24, 2.45) is 0 Å². The fourth-order valence-electron chi connectivity index (χ4n) is 2.05. The number of thiophene rings is 1. The molecule has 0 spiro atoms. The van der Waals surface area contributed by atoms with Crippen LogP contribution in [0.3, 0.4) is 0 Å². The lowest BCUT2D eigenvalue weighted by Gasteiger charge is -2.08. The molecule has 21 heavy (non-hydrogen) atoms. The van der Waals surface area contributed by atoms with Crippen molar-refractivity contribution in [3.63, 3.8) is 0 Å². The number of rotatable bonds is 6. The van der Waals surface area contributed by atoms with E-state index in [1.807, 2.05) is 36.4 Å². The molecule has 1 aromatic carbocycles. The lowest BCUT2D eigenvalue weighted by molar-refractivity contribution is 0.102. The summed E-state index contributed by atoms with van der Waals surface area (Å²) in [7, 11) is 0. The molecule has 0 bridgehead atoms. The number of aryl methyl sites for hydroxylation is 1. The van der Waals surface area contributed by atoms with Gasteiger partial charge >= 0.3 is 0 Å². The van der Waals surface area contributed by atoms with Crippen LogP contribution >= 0.6 is 11.3 Å². The molecule has 2 rings (SSSR count). The fraction of sp³-hybridized carbons (Fsp3) is 0.235. The number of carbonyl (C=O) groups excluding carboxylic acids is 1. The molecule has 0 saturated heterocycles. The molecule has 0 aliphatic carbocycles. The molecule has 3 nitrogen and oxygen atoms in total. The van der Waals surface area contributed by atoms with Crippen molar-refractivity contribution in [3.8, 4) is 0 Å². The molecule has 0 saturated carbocycles. The highest BCUT2D eigenvalue weighted by Crippen LogP contribution is 2.32. The van der Waals surface area contributed by atoms with Crippen LogP contribution in [0.25, 0.3) is 0 Å². The van der Waals surface area contributed by atoms with E-state index in [1.165, 1.54) is 10.4 Å². The number of nitrogens with one attached hydrogen (secondary N) is 2. The van der Waals surface area contributed by atoms with Gasteiger partial charge in [-0.3, -0.25) is 4.79 Å². The second-order valence-corrected chi connectivity index (χ2v) is 6.06. The fourth-order valence-corrected chi connectivity index (χ4v) is 3.13. The van der Waals surface area contributed by atoms with Crippen LogP contribution in [0.5, 0.6) is 0 Å². The van der Waals surface area contributed by atoms with E-state index in [0.717, 1.165) is 23.7 Å². The van der Waals surface area contributed by atoms with Gasteiger partial charge < -0.3 is 10.6 Å². The van der Waals surface area contributed by atoms with Gasteiger partial charge in [0.25, 0.3) is 5.91 Å². The van der Waals surface area contributed by atoms with Crippen molar-refractivity contribution in [2.75, 3.05) is 11.9 Å². The van der Waals surface area contributed by atoms with Crippen molar-refractivity contribution in [1.82, 2.24) is 5.32 Å². The van der Waals surface area contributed by atoms with E-state index < -0.39 is 0 Å². The van der Waals surface area contributed by atoms with Gasteiger partial charge in [-0.15, -0.1) is 17.9 Å². The van der Waals surface area contributed by atoms with Gasteiger partial charge in [0.1, 0.15) is 5.00 Å². The summed E-state index contributed by atoms with van der Waals surface area (Å²) in [5.74, 6) is -0.0678. The van der Waals surface area contributed by atoms with Crippen molar-refractivity contribution in [2.45, 2.75) is 20.4 Å². The number of benzene rings is 1. The summed E-state index contributed by atoms with van der Waals surface area (Å²) in [6.07, 6.45) is 1.83. The Kier molecular flexibility index (Phi) is 5.31. The molecular formula is C17H20N2OS. The summed E-state index contributed by atoms with van der Waals surface area (Å²) in [5.41, 5.74) is 3.06. The van der Waals surface area contributed by atoms with Gasteiger partial charge in [0.15, 0.2) is 0 Å². The molecule has 0 unspecified atom stereocenters. The van der Waals surface area contributed by atoms with Crippen LogP contribution in [0.4, 0.5) is 5.00 Å². The summed E-state index contributed by atoms with van der Waals surface area (Å²) < 4.78 is 0. The molecule has 0 aliphatic rings. The van der Waals surface area contributed by atoms with Gasteiger partial charge in [0.2, 0.25) is 0 Å². The van der Waals surface area contributed by atoms with E-state index in [-0.39, 0.29) is 5.91 Å². The molecule has 1 amide bonds. The summed E-state index contributed by atoms with van der Waals surface area (Å²) >= 11 is 1.62. The van der Waals surface area contributed by atoms with Crippen molar-refractivity contribution < 1.29 is 4.79 Å². The molecule has 2 aromatic rings. The summed E-state index contributed by atoms with van der Waals surface area (Å²) in [6, 6.07) is 9.27. The zero-order valence-electron chi connectivity index (χ0n) is 12.4. The number of anilines is 1. The molecule has 110 valence electrons. The quantitative estimate of drug-likeness (QED) is 0.627. The van der Waals surface area contributed by atoms with Crippen molar-refractivity contribution >= 4 is 22.2 Å². The first kappa shape index (κ1) is 15.5. The van der Waals surface area contributed by atoms with E-state index >= 15 is 0 Å². The topological polar surface area (TPSA) is 41.1 Å². The molecule has 1 heterocycles. The van der Waals surface area contributed by atoms with Crippen LogP contribution in [0.15, 0.2) is 43.0 Å². The number of hydrogen-bond donors (Lipinski definition) is 2. The Balaban J connectivity index is 2.17. The second-order valence-electron chi connectivity index (χ2n) is 4.83. The van der Waals surface area contributed by atoms with E-state index in [2.05, 4.69) is 31.1 Å². The maximum absolute atomic E-state index is 12.3. The maximum atomic E-state index is 12.3. The molecular weight excluding hydrogens is 280 g/mol. The van der Waals surface area contributed by atoms with E-state index in [4.69, 9.17) is 0 Å². The minimum atomic E-state index is -0.0678. The average Bonchev–Trinajstić information content (AvgIpc) is 2.76. The number of amides is 1. The van der Waals surface area contributed by atoms with Crippen LogP contribution in [0, 0.1) is 13.8 Å². The zero-order valence-corrected chi connectivity index (χ0v) is 13.2. The van der Waals surface area contributed by atoms with E-state index in [9.17, 15) is 4.79 Å². The minimum Gasteiger partial charge on any atom is -0.313 e. The van der Waals surface area contributed by atoms with Crippen molar-refractivity contribution in [1.29, 1.82) is 0 Å². The van der Waals surface area contributed by atoms with Crippen molar-refractivity contribution in [3.05, 3.63) is 64.6 Å². The Morgan fingerprint density at radius 1 is 1.29 bits per heavy atom. The van der Waals surface area contributed by atoms with Crippen LogP contribution in [-0.2, 0) is 6.54 Å². The second kappa shape index (κ2) is 7.20. The van der Waals surface area contributed by atoms with Gasteiger partial charge in [-0.1, -0.05) is 24.3 Å². The summed E-state index contributed by atoms with van der Waals surface area (Å²) in [5, 5.41) is 7.25. The minimum absolute atomic E-state index is 0.0678. The Bertz CT molecular complexity index is 632. The smallest absolute Gasteiger partial charge is 0.256 e. The van der Waals surface area contributed by atoms with E-state index in [0.29, 0.717) is 5.56 Å². The Hall–Kier alpha value is -1.91. The van der Waals surface area contributed by atoms with Gasteiger partial charge in [0.05, 0.1) is 0 Å². The SMILES string of the molecule is C=CCNCc1c(NC(=O)c2ccccc2)sc(C)c1C. The van der Waals surface area contributed by atoms with E-state index in [1.54, 1.807) is 11.3 Å². The standard InChI is InChI=1S/C17H20N2OS/c1-4-10-18-11-15-12(2)13(3)21-17(15)19-16(20)14-8-6-5-7-9-14/h4-9,18H,1,10-11H2,2-3H3,(H,19,20). The lowest BCUT2D eigenvalue weighted by atomic mass is 10.1. The Labute approximate surface area is 129 Å². The Morgan fingerprint density at radius 3 is 2.67 bits per heavy atom. The maximum Gasteiger partial charge on any atom is 0.256 e. The van der Waals surface area contributed by atoms with Crippen LogP contribution < -0.4 is 10.6 Å². The third-order valence-corrected chi connectivity index (χ3v) is 4.53. The lowest BCUT2D eigenvalue weighted by Crippen LogP contribution is -2.16. The summed E-state index contributed by atoms with van der Waals surface area (Å²) in [4.78, 5) is 13.5. The molecule has 2 N–H and O–H groups in total. The molecule has 0 radical (unpaired) electrons. The molecule has 0 aliphatic heterocycles. The highest BCUT2D eigenvalue weighted by Gasteiger charge is 2.15. The van der Waals surface area contributed by atoms with Gasteiger partial charge in [-0.05, 0) is 31.5 Å². The van der Waals surface area contributed by atoms with Crippen LogP contribution in [0.2, 0.25) is 0 Å². The largest absolute Gasteiger partial charge is 0.313 e. The highest BCUT2D eigenvalue weighted by atomic mass is 32.1. The van der Waals surface area contributed by atoms with Gasteiger partial charge in [-0.2, -0.15) is 0 Å².